The first-order valence-electron chi connectivity index (χ1n) is 6.87. The van der Waals surface area contributed by atoms with Crippen LogP contribution in [-0.2, 0) is 4.79 Å². The van der Waals surface area contributed by atoms with Gasteiger partial charge in [-0.25, -0.2) is 0 Å². The molecule has 1 N–H and O–H groups in total. The highest BCUT2D eigenvalue weighted by Gasteiger charge is 2.26. The van der Waals surface area contributed by atoms with Crippen LogP contribution in [0.25, 0.3) is 0 Å². The van der Waals surface area contributed by atoms with E-state index < -0.39 is 0 Å². The van der Waals surface area contributed by atoms with Gasteiger partial charge in [-0.2, -0.15) is 0 Å². The van der Waals surface area contributed by atoms with Gasteiger partial charge in [0.05, 0.1) is 0 Å². The Hall–Kier alpha value is -0.320. The zero-order valence-electron chi connectivity index (χ0n) is 11.5. The highest BCUT2D eigenvalue weighted by molar-refractivity contribution is 5.85. The molecule has 5 heteroatoms. The fourth-order valence-electron chi connectivity index (χ4n) is 2.76. The number of halogens is 1. The fourth-order valence-corrected chi connectivity index (χ4v) is 2.76. The third-order valence-corrected chi connectivity index (χ3v) is 4.18. The van der Waals surface area contributed by atoms with Crippen molar-refractivity contribution in [3.63, 3.8) is 0 Å². The van der Waals surface area contributed by atoms with Crippen LogP contribution < -0.4 is 5.32 Å². The van der Waals surface area contributed by atoms with Crippen molar-refractivity contribution in [1.82, 2.24) is 15.1 Å². The van der Waals surface area contributed by atoms with Gasteiger partial charge in [0, 0.05) is 52.2 Å². The van der Waals surface area contributed by atoms with Crippen LogP contribution in [0, 0.1) is 11.8 Å². The van der Waals surface area contributed by atoms with E-state index in [2.05, 4.69) is 24.1 Å². The molecule has 0 aliphatic carbocycles. The third kappa shape index (κ3) is 4.11. The number of nitrogens with zero attached hydrogens (tertiary/aromatic N) is 2. The van der Waals surface area contributed by atoms with Crippen molar-refractivity contribution in [2.24, 2.45) is 11.8 Å². The second-order valence-corrected chi connectivity index (χ2v) is 5.59. The molecule has 2 rings (SSSR count). The first-order chi connectivity index (χ1) is 8.16. The van der Waals surface area contributed by atoms with E-state index in [0.717, 1.165) is 57.6 Å². The van der Waals surface area contributed by atoms with Crippen LogP contribution in [0.3, 0.4) is 0 Å². The number of rotatable bonds is 3. The lowest BCUT2D eigenvalue weighted by Crippen LogP contribution is -2.47. The SMILES string of the molecule is CC1CN(CCC(=O)N2CCNCC2)CC1C.Cl. The zero-order valence-corrected chi connectivity index (χ0v) is 12.3. The van der Waals surface area contributed by atoms with Crippen LogP contribution in [0.5, 0.6) is 0 Å². The fraction of sp³-hybridized carbons (Fsp3) is 0.923. The number of piperazine rings is 1. The number of likely N-dealkylation sites (tertiary alicyclic amines) is 1. The second kappa shape index (κ2) is 7.31. The molecular weight excluding hydrogens is 250 g/mol. The molecule has 2 unspecified atom stereocenters. The van der Waals surface area contributed by atoms with Crippen molar-refractivity contribution in [2.45, 2.75) is 20.3 Å². The third-order valence-electron chi connectivity index (χ3n) is 4.18. The number of carbonyl (C=O) groups excluding carboxylic acids is 1. The molecule has 18 heavy (non-hydrogen) atoms. The maximum absolute atomic E-state index is 12.0. The summed E-state index contributed by atoms with van der Waals surface area (Å²) >= 11 is 0. The average molecular weight is 276 g/mol. The summed E-state index contributed by atoms with van der Waals surface area (Å²) in [5.41, 5.74) is 0. The largest absolute Gasteiger partial charge is 0.340 e. The predicted octanol–water partition coefficient (Wildman–Crippen LogP) is 0.818. The highest BCUT2D eigenvalue weighted by atomic mass is 35.5. The first kappa shape index (κ1) is 15.7. The van der Waals surface area contributed by atoms with E-state index in [4.69, 9.17) is 0 Å². The number of hydrogen-bond donors (Lipinski definition) is 1. The number of amides is 1. The second-order valence-electron chi connectivity index (χ2n) is 5.59. The van der Waals surface area contributed by atoms with Crippen LogP contribution in [0.2, 0.25) is 0 Å². The standard InChI is InChI=1S/C13H25N3O.ClH/c1-11-9-15(10-12(11)2)6-3-13(17)16-7-4-14-5-8-16;/h11-12,14H,3-10H2,1-2H3;1H. The van der Waals surface area contributed by atoms with E-state index in [1.807, 2.05) is 4.90 Å². The van der Waals surface area contributed by atoms with E-state index in [-0.39, 0.29) is 12.4 Å². The van der Waals surface area contributed by atoms with Crippen LogP contribution in [0.15, 0.2) is 0 Å². The first-order valence-corrected chi connectivity index (χ1v) is 6.87. The smallest absolute Gasteiger partial charge is 0.223 e. The van der Waals surface area contributed by atoms with Crippen molar-refractivity contribution in [2.75, 3.05) is 45.8 Å². The van der Waals surface area contributed by atoms with Crippen molar-refractivity contribution in [3.8, 4) is 0 Å². The lowest BCUT2D eigenvalue weighted by Gasteiger charge is -2.28. The lowest BCUT2D eigenvalue weighted by molar-refractivity contribution is -0.132. The van der Waals surface area contributed by atoms with Gasteiger partial charge < -0.3 is 15.1 Å². The molecular formula is C13H26ClN3O. The van der Waals surface area contributed by atoms with Crippen LogP contribution in [0.1, 0.15) is 20.3 Å². The molecule has 0 saturated carbocycles. The lowest BCUT2D eigenvalue weighted by atomic mass is 10.0. The summed E-state index contributed by atoms with van der Waals surface area (Å²) in [7, 11) is 0. The van der Waals surface area contributed by atoms with Crippen LogP contribution in [-0.4, -0.2) is 61.5 Å². The molecule has 0 bridgehead atoms. The van der Waals surface area contributed by atoms with E-state index in [1.165, 1.54) is 0 Å². The molecule has 2 aliphatic rings. The summed E-state index contributed by atoms with van der Waals surface area (Å²) in [6.45, 7) is 11.5. The molecule has 2 heterocycles. The minimum atomic E-state index is 0. The van der Waals surface area contributed by atoms with Gasteiger partial charge in [-0.05, 0) is 11.8 Å². The monoisotopic (exact) mass is 275 g/mol. The van der Waals surface area contributed by atoms with Crippen molar-refractivity contribution >= 4 is 18.3 Å². The maximum atomic E-state index is 12.0. The summed E-state index contributed by atoms with van der Waals surface area (Å²) in [5.74, 6) is 1.90. The minimum absolute atomic E-state index is 0. The van der Waals surface area contributed by atoms with E-state index >= 15 is 0 Å². The predicted molar refractivity (Wildman–Crippen MR) is 76.1 cm³/mol. The molecule has 4 nitrogen and oxygen atoms in total. The van der Waals surface area contributed by atoms with Gasteiger partial charge in [0.15, 0.2) is 0 Å². The average Bonchev–Trinajstić information content (AvgIpc) is 2.67. The quantitative estimate of drug-likeness (QED) is 0.828. The summed E-state index contributed by atoms with van der Waals surface area (Å²) in [5, 5.41) is 3.27. The Morgan fingerprint density at radius 1 is 1.17 bits per heavy atom. The maximum Gasteiger partial charge on any atom is 0.223 e. The van der Waals surface area contributed by atoms with Crippen molar-refractivity contribution < 1.29 is 4.79 Å². The summed E-state index contributed by atoms with van der Waals surface area (Å²) in [6.07, 6.45) is 0.694. The molecule has 1 amide bonds. The van der Waals surface area contributed by atoms with Crippen molar-refractivity contribution in [3.05, 3.63) is 0 Å². The Bertz CT molecular complexity index is 259. The number of hydrogen-bond acceptors (Lipinski definition) is 3. The summed E-state index contributed by atoms with van der Waals surface area (Å²) in [4.78, 5) is 16.4. The van der Waals surface area contributed by atoms with Crippen molar-refractivity contribution in [1.29, 1.82) is 0 Å². The highest BCUT2D eigenvalue weighted by Crippen LogP contribution is 2.21. The van der Waals surface area contributed by atoms with E-state index in [1.54, 1.807) is 0 Å². The molecule has 0 aromatic heterocycles. The molecule has 2 atom stereocenters. The van der Waals surface area contributed by atoms with Gasteiger partial charge in [0.2, 0.25) is 5.91 Å². The van der Waals surface area contributed by atoms with Gasteiger partial charge in [-0.3, -0.25) is 4.79 Å². The Balaban J connectivity index is 0.00000162. The zero-order chi connectivity index (χ0) is 12.3. The Morgan fingerprint density at radius 2 is 1.72 bits per heavy atom. The van der Waals surface area contributed by atoms with Gasteiger partial charge >= 0.3 is 0 Å². The van der Waals surface area contributed by atoms with Crippen LogP contribution >= 0.6 is 12.4 Å². The molecule has 0 radical (unpaired) electrons. The summed E-state index contributed by atoms with van der Waals surface area (Å²) in [6, 6.07) is 0. The Kier molecular flexibility index (Phi) is 6.39. The summed E-state index contributed by atoms with van der Waals surface area (Å²) < 4.78 is 0. The van der Waals surface area contributed by atoms with E-state index in [9.17, 15) is 4.79 Å². The Morgan fingerprint density at radius 3 is 2.28 bits per heavy atom. The molecule has 2 fully saturated rings. The van der Waals surface area contributed by atoms with Crippen LogP contribution in [0.4, 0.5) is 0 Å². The van der Waals surface area contributed by atoms with Gasteiger partial charge in [-0.1, -0.05) is 13.8 Å². The van der Waals surface area contributed by atoms with Gasteiger partial charge in [-0.15, -0.1) is 12.4 Å². The molecule has 106 valence electrons. The molecule has 0 spiro atoms. The molecule has 0 aromatic carbocycles. The number of carbonyl (C=O) groups is 1. The number of nitrogens with one attached hydrogen (secondary N) is 1. The van der Waals surface area contributed by atoms with E-state index in [0.29, 0.717) is 12.3 Å². The van der Waals surface area contributed by atoms with Gasteiger partial charge in [0.1, 0.15) is 0 Å². The minimum Gasteiger partial charge on any atom is -0.340 e. The molecule has 2 saturated heterocycles. The van der Waals surface area contributed by atoms with Gasteiger partial charge in [0.25, 0.3) is 0 Å². The Labute approximate surface area is 116 Å². The normalized spacial score (nSPS) is 29.1. The topological polar surface area (TPSA) is 35.6 Å². The molecule has 0 aromatic rings. The molecule has 2 aliphatic heterocycles.